The highest BCUT2D eigenvalue weighted by Crippen LogP contribution is 2.48. The molecule has 0 aromatic carbocycles. The number of aliphatic carboxylic acids is 1. The van der Waals surface area contributed by atoms with Gasteiger partial charge in [-0.25, -0.2) is 9.78 Å². The van der Waals surface area contributed by atoms with Gasteiger partial charge in [-0.3, -0.25) is 4.79 Å². The summed E-state index contributed by atoms with van der Waals surface area (Å²) in [5, 5.41) is 12.5. The number of nitrogens with one attached hydrogen (secondary N) is 1. The number of nitrogens with zero attached hydrogens (tertiary/aromatic N) is 3. The number of carbonyl (C=O) groups excluding carboxylic acids is 1. The molecule has 2 atom stereocenters. The van der Waals surface area contributed by atoms with Crippen molar-refractivity contribution in [2.45, 2.75) is 45.6 Å². The molecule has 1 saturated carbocycles. The van der Waals surface area contributed by atoms with Crippen LogP contribution >= 0.6 is 0 Å². The largest absolute Gasteiger partial charge is 0.481 e. The van der Waals surface area contributed by atoms with E-state index >= 15 is 0 Å². The van der Waals surface area contributed by atoms with Gasteiger partial charge in [0.25, 0.3) is 0 Å². The first-order valence-corrected chi connectivity index (χ1v) is 8.77. The van der Waals surface area contributed by atoms with Gasteiger partial charge in [0.2, 0.25) is 0 Å². The van der Waals surface area contributed by atoms with Crippen LogP contribution in [0.15, 0.2) is 12.4 Å². The van der Waals surface area contributed by atoms with E-state index in [1.165, 1.54) is 0 Å². The number of hydrogen-bond donors (Lipinski definition) is 2. The fraction of sp³-hybridized carbons (Fsp3) is 0.706. The molecule has 1 aromatic heterocycles. The Bertz CT molecular complexity index is 615. The molecule has 0 radical (unpaired) electrons. The number of carboxylic acid groups (broad SMARTS) is 1. The molecule has 0 bridgehead atoms. The van der Waals surface area contributed by atoms with E-state index in [9.17, 15) is 14.7 Å². The average molecular weight is 334 g/mol. The second-order valence-corrected chi connectivity index (χ2v) is 7.04. The zero-order valence-corrected chi connectivity index (χ0v) is 14.2. The first kappa shape index (κ1) is 16.8. The number of rotatable bonds is 6. The van der Waals surface area contributed by atoms with Crippen molar-refractivity contribution in [3.05, 3.63) is 18.2 Å². The first-order chi connectivity index (χ1) is 11.5. The molecule has 1 saturated heterocycles. The number of hydrogen-bond acceptors (Lipinski definition) is 3. The predicted molar refractivity (Wildman–Crippen MR) is 88.6 cm³/mol. The lowest BCUT2D eigenvalue weighted by atomic mass is 9.81. The van der Waals surface area contributed by atoms with Crippen LogP contribution in [0, 0.1) is 18.3 Å². The van der Waals surface area contributed by atoms with Gasteiger partial charge >= 0.3 is 12.0 Å². The normalized spacial score (nSPS) is 25.7. The molecule has 0 unspecified atom stereocenters. The van der Waals surface area contributed by atoms with Crippen LogP contribution in [0.1, 0.15) is 37.9 Å². The SMILES string of the molecule is Cc1nccn1CCCCNC(=O)N1C[C@@H]2CCC[C@@]2(C(=O)O)C1. The highest BCUT2D eigenvalue weighted by Gasteiger charge is 2.55. The number of unbranched alkanes of at least 4 members (excludes halogenated alkanes) is 1. The molecule has 3 rings (SSSR count). The number of imidazole rings is 1. The maximum absolute atomic E-state index is 12.3. The number of aryl methyl sites for hydroxylation is 2. The number of fused-ring (bicyclic) bond motifs is 1. The quantitative estimate of drug-likeness (QED) is 0.778. The van der Waals surface area contributed by atoms with Crippen molar-refractivity contribution in [1.29, 1.82) is 0 Å². The van der Waals surface area contributed by atoms with Crippen LogP contribution in [0.2, 0.25) is 0 Å². The predicted octanol–water partition coefficient (Wildman–Crippen LogP) is 1.87. The zero-order chi connectivity index (χ0) is 17.2. The molecule has 132 valence electrons. The Balaban J connectivity index is 1.40. The minimum atomic E-state index is -0.740. The van der Waals surface area contributed by atoms with Crippen LogP contribution in [0.25, 0.3) is 0 Å². The number of carboxylic acids is 1. The molecule has 1 aliphatic heterocycles. The van der Waals surface area contributed by atoms with Crippen molar-refractivity contribution in [3.63, 3.8) is 0 Å². The summed E-state index contributed by atoms with van der Waals surface area (Å²) in [6, 6.07) is -0.121. The molecule has 2 heterocycles. The maximum atomic E-state index is 12.3. The minimum absolute atomic E-state index is 0.116. The number of amides is 2. The average Bonchev–Trinajstić information content (AvgIpc) is 3.21. The molecular formula is C17H26N4O3. The first-order valence-electron chi connectivity index (χ1n) is 8.77. The van der Waals surface area contributed by atoms with E-state index in [2.05, 4.69) is 14.9 Å². The summed E-state index contributed by atoms with van der Waals surface area (Å²) < 4.78 is 2.10. The van der Waals surface area contributed by atoms with E-state index in [4.69, 9.17) is 0 Å². The van der Waals surface area contributed by atoms with Crippen molar-refractivity contribution < 1.29 is 14.7 Å². The fourth-order valence-corrected chi connectivity index (χ4v) is 4.15. The van der Waals surface area contributed by atoms with Gasteiger partial charge in [0, 0.05) is 38.6 Å². The number of aromatic nitrogens is 2. The van der Waals surface area contributed by atoms with Gasteiger partial charge in [0.05, 0.1) is 5.41 Å². The van der Waals surface area contributed by atoms with E-state index < -0.39 is 11.4 Å². The Morgan fingerprint density at radius 2 is 2.29 bits per heavy atom. The Hall–Kier alpha value is -2.05. The van der Waals surface area contributed by atoms with E-state index in [1.54, 1.807) is 11.1 Å². The lowest BCUT2D eigenvalue weighted by molar-refractivity contribution is -0.149. The van der Waals surface area contributed by atoms with Gasteiger partial charge in [-0.1, -0.05) is 6.42 Å². The zero-order valence-electron chi connectivity index (χ0n) is 14.2. The summed E-state index contributed by atoms with van der Waals surface area (Å²) in [7, 11) is 0. The molecule has 7 nitrogen and oxygen atoms in total. The third-order valence-corrected chi connectivity index (χ3v) is 5.61. The highest BCUT2D eigenvalue weighted by molar-refractivity contribution is 5.80. The molecule has 24 heavy (non-hydrogen) atoms. The van der Waals surface area contributed by atoms with Crippen LogP contribution in [0.4, 0.5) is 4.79 Å². The number of carbonyl (C=O) groups is 2. The summed E-state index contributed by atoms with van der Waals surface area (Å²) in [5.74, 6) is 0.377. The van der Waals surface area contributed by atoms with Crippen molar-refractivity contribution >= 4 is 12.0 Å². The van der Waals surface area contributed by atoms with Crippen molar-refractivity contribution in [2.24, 2.45) is 11.3 Å². The van der Waals surface area contributed by atoms with Gasteiger partial charge in [-0.15, -0.1) is 0 Å². The molecule has 2 fully saturated rings. The van der Waals surface area contributed by atoms with Crippen LogP contribution in [0.3, 0.4) is 0 Å². The summed E-state index contributed by atoms with van der Waals surface area (Å²) in [5.41, 5.74) is -0.698. The van der Waals surface area contributed by atoms with Gasteiger partial charge in [-0.2, -0.15) is 0 Å². The summed E-state index contributed by atoms with van der Waals surface area (Å²) in [4.78, 5) is 29.8. The topological polar surface area (TPSA) is 87.5 Å². The van der Waals surface area contributed by atoms with Gasteiger partial charge in [0.15, 0.2) is 0 Å². The molecule has 1 aliphatic carbocycles. The lowest BCUT2D eigenvalue weighted by Gasteiger charge is -2.23. The van der Waals surface area contributed by atoms with Crippen molar-refractivity contribution in [2.75, 3.05) is 19.6 Å². The molecule has 2 N–H and O–H groups in total. The molecule has 0 spiro atoms. The third kappa shape index (κ3) is 3.12. The molecule has 2 amide bonds. The lowest BCUT2D eigenvalue weighted by Crippen LogP contribution is -2.42. The highest BCUT2D eigenvalue weighted by atomic mass is 16.4. The third-order valence-electron chi connectivity index (χ3n) is 5.61. The Morgan fingerprint density at radius 3 is 2.96 bits per heavy atom. The van der Waals surface area contributed by atoms with Gasteiger partial charge in [0.1, 0.15) is 5.82 Å². The smallest absolute Gasteiger partial charge is 0.317 e. The standard InChI is InChI=1S/C17H26N4O3/c1-13-18-8-10-20(13)9-3-2-7-19-16(24)21-11-14-5-4-6-17(14,12-21)15(22)23/h8,10,14H,2-7,9,11-12H2,1H3,(H,19,24)(H,22,23)/t14-,17+/m0/s1. The summed E-state index contributed by atoms with van der Waals surface area (Å²) >= 11 is 0. The summed E-state index contributed by atoms with van der Waals surface area (Å²) in [6.07, 6.45) is 8.19. The van der Waals surface area contributed by atoms with Crippen molar-refractivity contribution in [1.82, 2.24) is 19.8 Å². The van der Waals surface area contributed by atoms with Crippen molar-refractivity contribution in [3.8, 4) is 0 Å². The number of urea groups is 1. The maximum Gasteiger partial charge on any atom is 0.317 e. The molecular weight excluding hydrogens is 308 g/mol. The molecule has 2 aliphatic rings. The van der Waals surface area contributed by atoms with E-state index in [1.807, 2.05) is 13.1 Å². The van der Waals surface area contributed by atoms with Crippen LogP contribution in [0.5, 0.6) is 0 Å². The summed E-state index contributed by atoms with van der Waals surface area (Å²) in [6.45, 7) is 4.42. The van der Waals surface area contributed by atoms with E-state index in [-0.39, 0.29) is 11.9 Å². The molecule has 7 heteroatoms. The van der Waals surface area contributed by atoms with Crippen LogP contribution in [-0.4, -0.2) is 51.2 Å². The van der Waals surface area contributed by atoms with Crippen LogP contribution < -0.4 is 5.32 Å². The Morgan fingerprint density at radius 1 is 1.46 bits per heavy atom. The monoisotopic (exact) mass is 334 g/mol. The second-order valence-electron chi connectivity index (χ2n) is 7.04. The van der Waals surface area contributed by atoms with E-state index in [0.29, 0.717) is 26.1 Å². The Kier molecular flexibility index (Phi) is 4.78. The fourth-order valence-electron chi connectivity index (χ4n) is 4.15. The Labute approximate surface area is 142 Å². The minimum Gasteiger partial charge on any atom is -0.481 e. The van der Waals surface area contributed by atoms with Gasteiger partial charge < -0.3 is 19.9 Å². The second kappa shape index (κ2) is 6.83. The number of likely N-dealkylation sites (tertiary alicyclic amines) is 1. The van der Waals surface area contributed by atoms with E-state index in [0.717, 1.165) is 38.1 Å². The molecule has 1 aromatic rings. The van der Waals surface area contributed by atoms with Crippen LogP contribution in [-0.2, 0) is 11.3 Å². The van der Waals surface area contributed by atoms with Gasteiger partial charge in [-0.05, 0) is 38.5 Å².